The van der Waals surface area contributed by atoms with Gasteiger partial charge in [-0.25, -0.2) is 0 Å². The van der Waals surface area contributed by atoms with Crippen molar-refractivity contribution in [2.24, 2.45) is 0 Å². The molecular formula is C16H26ClN3. The summed E-state index contributed by atoms with van der Waals surface area (Å²) in [4.78, 5) is 4.91. The molecule has 0 atom stereocenters. The molecule has 1 fully saturated rings. The molecule has 0 saturated carbocycles. The van der Waals surface area contributed by atoms with Crippen LogP contribution in [0.4, 0.5) is 5.69 Å². The Bertz CT molecular complexity index is 428. The lowest BCUT2D eigenvalue weighted by molar-refractivity contribution is 0.221. The molecule has 0 bridgehead atoms. The average Bonchev–Trinajstić information content (AvgIpc) is 2.49. The van der Waals surface area contributed by atoms with Gasteiger partial charge in [0.15, 0.2) is 0 Å². The van der Waals surface area contributed by atoms with Gasteiger partial charge < -0.3 is 15.1 Å². The molecule has 112 valence electrons. The zero-order valence-electron chi connectivity index (χ0n) is 12.8. The second-order valence-electron chi connectivity index (χ2n) is 5.58. The highest BCUT2D eigenvalue weighted by molar-refractivity contribution is 6.31. The first-order valence-electron chi connectivity index (χ1n) is 7.54. The molecule has 1 heterocycles. The molecule has 0 unspecified atom stereocenters. The number of rotatable bonds is 5. The number of benzene rings is 1. The Balaban J connectivity index is 2.02. The fraction of sp³-hybridized carbons (Fsp3) is 0.625. The summed E-state index contributed by atoms with van der Waals surface area (Å²) in [5.41, 5.74) is 2.39. The number of piperidine rings is 1. The molecule has 20 heavy (non-hydrogen) atoms. The fourth-order valence-electron chi connectivity index (χ4n) is 2.92. The van der Waals surface area contributed by atoms with Gasteiger partial charge in [-0.3, -0.25) is 0 Å². The van der Waals surface area contributed by atoms with Crippen LogP contribution in [-0.4, -0.2) is 44.7 Å². The van der Waals surface area contributed by atoms with Crippen molar-refractivity contribution in [3.63, 3.8) is 0 Å². The minimum atomic E-state index is 0.629. The summed E-state index contributed by atoms with van der Waals surface area (Å²) in [5.74, 6) is 0. The zero-order chi connectivity index (χ0) is 14.5. The summed E-state index contributed by atoms with van der Waals surface area (Å²) >= 11 is 6.36. The molecule has 0 aromatic heterocycles. The maximum Gasteiger partial charge on any atom is 0.0471 e. The number of hydrogen-bond donors (Lipinski definition) is 1. The topological polar surface area (TPSA) is 18.5 Å². The van der Waals surface area contributed by atoms with E-state index in [1.807, 2.05) is 7.05 Å². The summed E-state index contributed by atoms with van der Waals surface area (Å²) < 4.78 is 0. The van der Waals surface area contributed by atoms with Gasteiger partial charge in [0.25, 0.3) is 0 Å². The van der Waals surface area contributed by atoms with Gasteiger partial charge in [-0.2, -0.15) is 0 Å². The molecule has 1 saturated heterocycles. The van der Waals surface area contributed by atoms with Crippen LogP contribution in [0.25, 0.3) is 0 Å². The first kappa shape index (κ1) is 15.6. The van der Waals surface area contributed by atoms with Gasteiger partial charge in [-0.05, 0) is 44.1 Å². The lowest BCUT2D eigenvalue weighted by Gasteiger charge is -2.37. The van der Waals surface area contributed by atoms with E-state index in [0.29, 0.717) is 6.04 Å². The number of anilines is 1. The lowest BCUT2D eigenvalue weighted by atomic mass is 10.0. The third-order valence-corrected chi connectivity index (χ3v) is 4.72. The van der Waals surface area contributed by atoms with Crippen molar-refractivity contribution in [1.82, 2.24) is 10.2 Å². The van der Waals surface area contributed by atoms with Gasteiger partial charge in [0.2, 0.25) is 0 Å². The summed E-state index contributed by atoms with van der Waals surface area (Å²) in [6, 6.07) is 7.04. The maximum atomic E-state index is 6.36. The number of nitrogens with zero attached hydrogens (tertiary/aromatic N) is 2. The van der Waals surface area contributed by atoms with Gasteiger partial charge >= 0.3 is 0 Å². The first-order valence-corrected chi connectivity index (χ1v) is 7.91. The predicted octanol–water partition coefficient (Wildman–Crippen LogP) is 2.98. The van der Waals surface area contributed by atoms with Crippen molar-refractivity contribution in [2.45, 2.75) is 32.4 Å². The molecule has 0 amide bonds. The maximum absolute atomic E-state index is 6.36. The minimum absolute atomic E-state index is 0.629. The van der Waals surface area contributed by atoms with Crippen molar-refractivity contribution in [1.29, 1.82) is 0 Å². The van der Waals surface area contributed by atoms with E-state index in [-0.39, 0.29) is 0 Å². The molecule has 1 N–H and O–H groups in total. The van der Waals surface area contributed by atoms with Crippen molar-refractivity contribution < 1.29 is 0 Å². The molecule has 1 aliphatic heterocycles. The Kier molecular flexibility index (Phi) is 5.70. The number of halogens is 1. The summed E-state index contributed by atoms with van der Waals surface area (Å²) in [6.07, 6.45) is 2.47. The van der Waals surface area contributed by atoms with Crippen LogP contribution < -0.4 is 10.2 Å². The summed E-state index contributed by atoms with van der Waals surface area (Å²) in [5, 5.41) is 4.00. The van der Waals surface area contributed by atoms with Crippen LogP contribution in [-0.2, 0) is 6.54 Å². The molecule has 1 aromatic carbocycles. The third kappa shape index (κ3) is 3.66. The molecule has 4 heteroatoms. The minimum Gasteiger partial charge on any atom is -0.371 e. The largest absolute Gasteiger partial charge is 0.371 e. The SMILES string of the molecule is CCN1CCC(N(C)c2ccc(CNC)c(Cl)c2)CC1. The Morgan fingerprint density at radius 1 is 1.35 bits per heavy atom. The molecule has 0 radical (unpaired) electrons. The smallest absolute Gasteiger partial charge is 0.0471 e. The molecule has 1 aromatic rings. The van der Waals surface area contributed by atoms with Crippen LogP contribution >= 0.6 is 11.6 Å². The van der Waals surface area contributed by atoms with Crippen LogP contribution in [0.2, 0.25) is 5.02 Å². The van der Waals surface area contributed by atoms with E-state index < -0.39 is 0 Å². The van der Waals surface area contributed by atoms with E-state index in [0.717, 1.165) is 17.1 Å². The van der Waals surface area contributed by atoms with Crippen LogP contribution in [0.3, 0.4) is 0 Å². The monoisotopic (exact) mass is 295 g/mol. The van der Waals surface area contributed by atoms with Crippen LogP contribution in [0, 0.1) is 0 Å². The van der Waals surface area contributed by atoms with E-state index >= 15 is 0 Å². The highest BCUT2D eigenvalue weighted by Crippen LogP contribution is 2.27. The number of nitrogens with one attached hydrogen (secondary N) is 1. The van der Waals surface area contributed by atoms with Gasteiger partial charge in [0.05, 0.1) is 0 Å². The van der Waals surface area contributed by atoms with Gasteiger partial charge in [0, 0.05) is 43.4 Å². The van der Waals surface area contributed by atoms with Crippen LogP contribution in [0.5, 0.6) is 0 Å². The van der Waals surface area contributed by atoms with Gasteiger partial charge in [-0.15, -0.1) is 0 Å². The summed E-state index contributed by atoms with van der Waals surface area (Å²) in [7, 11) is 4.13. The Morgan fingerprint density at radius 3 is 2.60 bits per heavy atom. The van der Waals surface area contributed by atoms with E-state index in [1.165, 1.54) is 38.2 Å². The van der Waals surface area contributed by atoms with Crippen LogP contribution in [0.15, 0.2) is 18.2 Å². The number of hydrogen-bond acceptors (Lipinski definition) is 3. The van der Waals surface area contributed by atoms with Gasteiger partial charge in [-0.1, -0.05) is 24.6 Å². The molecular weight excluding hydrogens is 270 g/mol. The Labute approximate surface area is 127 Å². The second-order valence-corrected chi connectivity index (χ2v) is 5.99. The lowest BCUT2D eigenvalue weighted by Crippen LogP contribution is -2.43. The second kappa shape index (κ2) is 7.30. The van der Waals surface area contributed by atoms with E-state index in [4.69, 9.17) is 11.6 Å². The summed E-state index contributed by atoms with van der Waals surface area (Å²) in [6.45, 7) is 6.64. The van der Waals surface area contributed by atoms with Crippen molar-refractivity contribution in [3.05, 3.63) is 28.8 Å². The Hall–Kier alpha value is -0.770. The average molecular weight is 296 g/mol. The normalized spacial score (nSPS) is 17.4. The molecule has 2 rings (SSSR count). The Morgan fingerprint density at radius 2 is 2.05 bits per heavy atom. The van der Waals surface area contributed by atoms with E-state index in [9.17, 15) is 0 Å². The standard InChI is InChI=1S/C16H26ClN3/c1-4-20-9-7-14(8-10-20)19(3)15-6-5-13(12-18-2)16(17)11-15/h5-6,11,14,18H,4,7-10,12H2,1-3H3. The predicted molar refractivity (Wildman–Crippen MR) is 87.8 cm³/mol. The highest BCUT2D eigenvalue weighted by atomic mass is 35.5. The van der Waals surface area contributed by atoms with Crippen LogP contribution in [0.1, 0.15) is 25.3 Å². The molecule has 3 nitrogen and oxygen atoms in total. The van der Waals surface area contributed by atoms with Crippen molar-refractivity contribution in [2.75, 3.05) is 38.6 Å². The van der Waals surface area contributed by atoms with E-state index in [2.05, 4.69) is 47.3 Å². The van der Waals surface area contributed by atoms with Crippen molar-refractivity contribution in [3.8, 4) is 0 Å². The third-order valence-electron chi connectivity index (χ3n) is 4.36. The van der Waals surface area contributed by atoms with Gasteiger partial charge in [0.1, 0.15) is 0 Å². The van der Waals surface area contributed by atoms with Crippen molar-refractivity contribution >= 4 is 17.3 Å². The first-order chi connectivity index (χ1) is 9.65. The number of likely N-dealkylation sites (tertiary alicyclic amines) is 1. The zero-order valence-corrected chi connectivity index (χ0v) is 13.6. The quantitative estimate of drug-likeness (QED) is 0.901. The highest BCUT2D eigenvalue weighted by Gasteiger charge is 2.22. The fourth-order valence-corrected chi connectivity index (χ4v) is 3.16. The molecule has 0 aliphatic carbocycles. The molecule has 1 aliphatic rings. The molecule has 0 spiro atoms. The van der Waals surface area contributed by atoms with E-state index in [1.54, 1.807) is 0 Å².